The summed E-state index contributed by atoms with van der Waals surface area (Å²) in [6.07, 6.45) is 7.70. The number of aromatic nitrogens is 1. The molecule has 1 aliphatic carbocycles. The fourth-order valence-electron chi connectivity index (χ4n) is 6.70. The van der Waals surface area contributed by atoms with Crippen molar-refractivity contribution in [2.24, 2.45) is 16.1 Å². The molecule has 0 saturated carbocycles. The number of amidine groups is 1. The number of nitrogens with zero attached hydrogens (tertiary/aromatic N) is 4. The molecule has 3 atom stereocenters. The van der Waals surface area contributed by atoms with Crippen LogP contribution in [0.15, 0.2) is 83.6 Å². The van der Waals surface area contributed by atoms with E-state index < -0.39 is 6.03 Å². The van der Waals surface area contributed by atoms with Gasteiger partial charge in [0, 0.05) is 56.0 Å². The Balaban J connectivity index is 0.00000240. The van der Waals surface area contributed by atoms with E-state index in [2.05, 4.69) is 27.4 Å². The third-order valence-corrected chi connectivity index (χ3v) is 10.1. The maximum Gasteiger partial charge on any atom is 0.320 e. The predicted octanol–water partition coefficient (Wildman–Crippen LogP) is 6.16. The number of ether oxygens (including phenoxy) is 3. The molecule has 15 heteroatoms. The van der Waals surface area contributed by atoms with Crippen molar-refractivity contribution < 1.29 is 28.9 Å². The van der Waals surface area contributed by atoms with E-state index in [0.29, 0.717) is 60.7 Å². The number of likely N-dealkylation sites (tertiary alicyclic amines) is 1. The Morgan fingerprint density at radius 1 is 1.03 bits per heavy atom. The van der Waals surface area contributed by atoms with E-state index in [4.69, 9.17) is 45.7 Å². The number of carbonyl (C=O) groups is 2. The van der Waals surface area contributed by atoms with Gasteiger partial charge in [0.15, 0.2) is 0 Å². The van der Waals surface area contributed by atoms with Crippen molar-refractivity contribution in [1.82, 2.24) is 25.0 Å². The number of aliphatic imine (C=N–C) groups is 1. The van der Waals surface area contributed by atoms with Gasteiger partial charge in [-0.1, -0.05) is 51.1 Å². The lowest BCUT2D eigenvalue weighted by molar-refractivity contribution is -0.122. The third-order valence-electron chi connectivity index (χ3n) is 10.1. The number of pyridine rings is 1. The minimum absolute atomic E-state index is 0.231. The Bertz CT molecular complexity index is 1960. The fourth-order valence-corrected chi connectivity index (χ4v) is 6.70. The Labute approximate surface area is 341 Å². The number of fused-ring (bicyclic) bond motifs is 1. The SMILES string of the molecule is COCCN(C)CCOc1cccc(N=C(/C=C(\N)C(C)(C)C)NC(=O)N[C@H]2CC[C@@H](Oc3ccc(=N)n(C(=N)N4CCCCC4C)c3)c3ccccc32)c1.O=CO. The summed E-state index contributed by atoms with van der Waals surface area (Å²) >= 11 is 0. The second kappa shape index (κ2) is 21.7. The van der Waals surface area contributed by atoms with Crippen LogP contribution in [0, 0.1) is 16.2 Å². The molecule has 3 aromatic rings. The van der Waals surface area contributed by atoms with Gasteiger partial charge in [0.1, 0.15) is 35.5 Å². The lowest BCUT2D eigenvalue weighted by atomic mass is 9.85. The molecule has 2 heterocycles. The number of urea groups is 1. The number of nitrogens with one attached hydrogen (secondary N) is 4. The van der Waals surface area contributed by atoms with Crippen molar-refractivity contribution in [3.8, 4) is 11.5 Å². The zero-order chi connectivity index (χ0) is 42.2. The van der Waals surface area contributed by atoms with Crippen LogP contribution in [0.3, 0.4) is 0 Å². The smallest absolute Gasteiger partial charge is 0.320 e. The van der Waals surface area contributed by atoms with Crippen molar-refractivity contribution in [2.75, 3.05) is 47.0 Å². The Kier molecular flexibility index (Phi) is 16.9. The Morgan fingerprint density at radius 2 is 1.76 bits per heavy atom. The van der Waals surface area contributed by atoms with Crippen molar-refractivity contribution in [2.45, 2.75) is 78.0 Å². The molecule has 314 valence electrons. The molecule has 2 aromatic carbocycles. The van der Waals surface area contributed by atoms with E-state index in [-0.39, 0.29) is 35.6 Å². The number of likely N-dealkylation sites (N-methyl/N-ethyl adjacent to an activating group) is 1. The van der Waals surface area contributed by atoms with E-state index in [1.807, 2.05) is 76.3 Å². The average Bonchev–Trinajstić information content (AvgIpc) is 3.18. The number of hydrogen-bond donors (Lipinski definition) is 6. The van der Waals surface area contributed by atoms with Crippen LogP contribution in [-0.4, -0.2) is 96.8 Å². The fraction of sp³-hybridized carbons (Fsp3) is 0.465. The summed E-state index contributed by atoms with van der Waals surface area (Å²) in [6, 6.07) is 18.5. The molecule has 58 heavy (non-hydrogen) atoms. The lowest BCUT2D eigenvalue weighted by Crippen LogP contribution is -2.47. The van der Waals surface area contributed by atoms with E-state index in [0.717, 1.165) is 50.0 Å². The molecule has 1 aromatic heterocycles. The van der Waals surface area contributed by atoms with Crippen molar-refractivity contribution in [3.05, 3.63) is 95.2 Å². The largest absolute Gasteiger partial charge is 0.492 e. The average molecular weight is 800 g/mol. The number of nitrogens with two attached hydrogens (primary N) is 1. The van der Waals surface area contributed by atoms with Gasteiger partial charge in [-0.2, -0.15) is 0 Å². The van der Waals surface area contributed by atoms with Gasteiger partial charge >= 0.3 is 6.03 Å². The highest BCUT2D eigenvalue weighted by molar-refractivity contribution is 6.05. The number of benzene rings is 2. The van der Waals surface area contributed by atoms with Crippen LogP contribution in [0.1, 0.15) is 83.1 Å². The zero-order valence-electron chi connectivity index (χ0n) is 34.7. The zero-order valence-corrected chi connectivity index (χ0v) is 34.7. The van der Waals surface area contributed by atoms with Gasteiger partial charge in [0.25, 0.3) is 6.47 Å². The van der Waals surface area contributed by atoms with E-state index in [1.165, 1.54) is 0 Å². The molecule has 0 bridgehead atoms. The quantitative estimate of drug-likeness (QED) is 0.0705. The van der Waals surface area contributed by atoms with Gasteiger partial charge in [-0.05, 0) is 81.5 Å². The minimum atomic E-state index is -0.403. The summed E-state index contributed by atoms with van der Waals surface area (Å²) in [4.78, 5) is 31.0. The highest BCUT2D eigenvalue weighted by atomic mass is 16.5. The Hall–Kier alpha value is -5.67. The van der Waals surface area contributed by atoms with Gasteiger partial charge in [0.05, 0.1) is 24.5 Å². The Morgan fingerprint density at radius 3 is 2.47 bits per heavy atom. The number of rotatable bonds is 12. The molecule has 5 rings (SSSR count). The van der Waals surface area contributed by atoms with E-state index >= 15 is 0 Å². The summed E-state index contributed by atoms with van der Waals surface area (Å²) in [6.45, 7) is 11.4. The lowest BCUT2D eigenvalue weighted by Gasteiger charge is -2.36. The number of piperidine rings is 1. The number of allylic oxidation sites excluding steroid dienone is 1. The standard InChI is InChI=1S/C42H59N9O4.CH2O2/c1-29-12-9-10-21-50(29)40(45)51-28-32(17-20-38(51)44)55-36-19-18-35(33-15-7-8-16-34(33)36)47-41(52)48-39(27-37(43)42(2,3)4)46-30-13-11-14-31(26-30)54-25-23-49(5)22-24-53-6;2-1-3/h7-8,11,13-17,20,26-29,35-36,44-45H,9-10,12,18-19,21-25,43H2,1-6H3,(H2,46,47,48,52);1H,(H,2,3)/b37-27-,44-38?,45-40?;/t29?,35-,36+;/m0./s1. The molecule has 7 N–H and O–H groups in total. The summed E-state index contributed by atoms with van der Waals surface area (Å²) in [5.74, 6) is 1.86. The molecule has 0 radical (unpaired) electrons. The summed E-state index contributed by atoms with van der Waals surface area (Å²) in [5.41, 5.74) is 9.49. The molecular formula is C43H61N9O6. The van der Waals surface area contributed by atoms with Crippen LogP contribution >= 0.6 is 0 Å². The van der Waals surface area contributed by atoms with Crippen LogP contribution in [-0.2, 0) is 9.53 Å². The summed E-state index contributed by atoms with van der Waals surface area (Å²) in [7, 11) is 3.71. The van der Waals surface area contributed by atoms with Gasteiger partial charge in [-0.25, -0.2) is 9.79 Å². The number of hydrogen-bond acceptors (Lipinski definition) is 10. The number of amides is 2. The molecule has 1 unspecified atom stereocenters. The van der Waals surface area contributed by atoms with Gasteiger partial charge in [-0.15, -0.1) is 0 Å². The van der Waals surface area contributed by atoms with Crippen LogP contribution in [0.5, 0.6) is 11.5 Å². The van der Waals surface area contributed by atoms with Gasteiger partial charge in [0.2, 0.25) is 5.96 Å². The van der Waals surface area contributed by atoms with Crippen LogP contribution in [0.25, 0.3) is 0 Å². The van der Waals surface area contributed by atoms with Crippen molar-refractivity contribution in [3.63, 3.8) is 0 Å². The molecule has 1 saturated heterocycles. The molecule has 2 aliphatic rings. The first kappa shape index (κ1) is 45.0. The van der Waals surface area contributed by atoms with Crippen LogP contribution in [0.2, 0.25) is 0 Å². The van der Waals surface area contributed by atoms with Crippen LogP contribution in [0.4, 0.5) is 10.5 Å². The topological polar surface area (TPSA) is 204 Å². The van der Waals surface area contributed by atoms with E-state index in [1.54, 1.807) is 36.1 Å². The third kappa shape index (κ3) is 13.2. The minimum Gasteiger partial charge on any atom is -0.492 e. The molecule has 1 fully saturated rings. The molecule has 0 spiro atoms. The molecule has 1 aliphatic heterocycles. The normalized spacial score (nSPS) is 18.3. The first-order valence-electron chi connectivity index (χ1n) is 19.7. The van der Waals surface area contributed by atoms with Gasteiger partial charge in [-0.3, -0.25) is 25.5 Å². The number of methoxy groups -OCH3 is 1. The summed E-state index contributed by atoms with van der Waals surface area (Å²) in [5, 5.41) is 30.4. The second-order valence-electron chi connectivity index (χ2n) is 15.5. The first-order valence-corrected chi connectivity index (χ1v) is 19.7. The highest BCUT2D eigenvalue weighted by Gasteiger charge is 2.30. The molecular weight excluding hydrogens is 739 g/mol. The van der Waals surface area contributed by atoms with Crippen molar-refractivity contribution in [1.29, 1.82) is 10.8 Å². The maximum absolute atomic E-state index is 13.7. The number of carboxylic acid groups (broad SMARTS) is 1. The maximum atomic E-state index is 13.7. The highest BCUT2D eigenvalue weighted by Crippen LogP contribution is 2.38. The second-order valence-corrected chi connectivity index (χ2v) is 15.5. The molecule has 15 nitrogen and oxygen atoms in total. The summed E-state index contributed by atoms with van der Waals surface area (Å²) < 4.78 is 19.3. The van der Waals surface area contributed by atoms with Crippen LogP contribution < -0.4 is 31.3 Å². The first-order chi connectivity index (χ1) is 27.7. The van der Waals surface area contributed by atoms with Gasteiger partial charge < -0.3 is 40.2 Å². The predicted molar refractivity (Wildman–Crippen MR) is 226 cm³/mol. The number of carbonyl (C=O) groups excluding carboxylic acids is 1. The van der Waals surface area contributed by atoms with E-state index in [9.17, 15) is 4.79 Å². The van der Waals surface area contributed by atoms with Crippen molar-refractivity contribution >= 4 is 30.0 Å². The monoisotopic (exact) mass is 799 g/mol. The molecule has 2 amide bonds.